The van der Waals surface area contributed by atoms with Gasteiger partial charge in [-0.1, -0.05) is 30.3 Å². The standard InChI is InChI=1S/C14H23NO2/c1-12(11-17-3)15(2)10-9-14(16)13-7-5-4-6-8-13/h4-8,12,14,16H,9-11H2,1-3H3. The van der Waals surface area contributed by atoms with Gasteiger partial charge in [0, 0.05) is 19.7 Å². The van der Waals surface area contributed by atoms with Crippen molar-refractivity contribution in [2.24, 2.45) is 0 Å². The van der Waals surface area contributed by atoms with Gasteiger partial charge < -0.3 is 14.7 Å². The highest BCUT2D eigenvalue weighted by Gasteiger charge is 2.12. The molecule has 0 aromatic heterocycles. The zero-order valence-corrected chi connectivity index (χ0v) is 11.0. The number of likely N-dealkylation sites (N-methyl/N-ethyl adjacent to an activating group) is 1. The van der Waals surface area contributed by atoms with Crippen LogP contribution in [0.15, 0.2) is 30.3 Å². The Balaban J connectivity index is 2.35. The van der Waals surface area contributed by atoms with Crippen LogP contribution < -0.4 is 0 Å². The number of rotatable bonds is 7. The number of hydrogen-bond acceptors (Lipinski definition) is 3. The van der Waals surface area contributed by atoms with Gasteiger partial charge in [0.05, 0.1) is 12.7 Å². The van der Waals surface area contributed by atoms with Crippen LogP contribution in [0.1, 0.15) is 25.0 Å². The quantitative estimate of drug-likeness (QED) is 0.788. The third-order valence-electron chi connectivity index (χ3n) is 3.10. The predicted molar refractivity (Wildman–Crippen MR) is 70.0 cm³/mol. The van der Waals surface area contributed by atoms with E-state index in [4.69, 9.17) is 4.74 Å². The molecule has 0 heterocycles. The maximum atomic E-state index is 10.0. The summed E-state index contributed by atoms with van der Waals surface area (Å²) in [5.74, 6) is 0. The number of nitrogens with zero attached hydrogens (tertiary/aromatic N) is 1. The lowest BCUT2D eigenvalue weighted by molar-refractivity contribution is 0.0960. The smallest absolute Gasteiger partial charge is 0.0802 e. The molecule has 0 saturated carbocycles. The molecule has 0 fully saturated rings. The number of aliphatic hydroxyl groups is 1. The SMILES string of the molecule is COCC(C)N(C)CCC(O)c1ccccc1. The van der Waals surface area contributed by atoms with Crippen molar-refractivity contribution in [1.29, 1.82) is 0 Å². The molecular formula is C14H23NO2. The van der Waals surface area contributed by atoms with Gasteiger partial charge in [0.1, 0.15) is 0 Å². The first-order valence-corrected chi connectivity index (χ1v) is 6.07. The highest BCUT2D eigenvalue weighted by atomic mass is 16.5. The second-order valence-electron chi connectivity index (χ2n) is 4.50. The molecule has 2 unspecified atom stereocenters. The van der Waals surface area contributed by atoms with E-state index >= 15 is 0 Å². The first-order chi connectivity index (χ1) is 8.15. The van der Waals surface area contributed by atoms with Crippen LogP contribution in [0.4, 0.5) is 0 Å². The van der Waals surface area contributed by atoms with Gasteiger partial charge >= 0.3 is 0 Å². The van der Waals surface area contributed by atoms with E-state index in [1.54, 1.807) is 7.11 Å². The van der Waals surface area contributed by atoms with Crippen LogP contribution in [-0.4, -0.2) is 43.4 Å². The minimum Gasteiger partial charge on any atom is -0.388 e. The molecule has 0 bridgehead atoms. The lowest BCUT2D eigenvalue weighted by Crippen LogP contribution is -2.34. The van der Waals surface area contributed by atoms with Gasteiger partial charge in [0.2, 0.25) is 0 Å². The van der Waals surface area contributed by atoms with E-state index in [0.717, 1.165) is 25.1 Å². The van der Waals surface area contributed by atoms with Gasteiger partial charge in [-0.2, -0.15) is 0 Å². The fraction of sp³-hybridized carbons (Fsp3) is 0.571. The summed E-state index contributed by atoms with van der Waals surface area (Å²) in [5.41, 5.74) is 0.986. The van der Waals surface area contributed by atoms with Crippen molar-refractivity contribution in [1.82, 2.24) is 4.90 Å². The second kappa shape index (κ2) is 7.43. The molecular weight excluding hydrogens is 214 g/mol. The molecule has 0 aliphatic heterocycles. The van der Waals surface area contributed by atoms with Crippen LogP contribution in [0.2, 0.25) is 0 Å². The van der Waals surface area contributed by atoms with Crippen LogP contribution in [0, 0.1) is 0 Å². The van der Waals surface area contributed by atoms with E-state index in [9.17, 15) is 5.11 Å². The van der Waals surface area contributed by atoms with Gasteiger partial charge in [-0.15, -0.1) is 0 Å². The maximum Gasteiger partial charge on any atom is 0.0802 e. The molecule has 0 radical (unpaired) electrons. The molecule has 2 atom stereocenters. The number of methoxy groups -OCH3 is 1. The van der Waals surface area contributed by atoms with Gasteiger partial charge in [-0.3, -0.25) is 0 Å². The average Bonchev–Trinajstić information content (AvgIpc) is 2.36. The minimum atomic E-state index is -0.381. The van der Waals surface area contributed by atoms with Crippen molar-refractivity contribution in [2.75, 3.05) is 27.3 Å². The molecule has 0 amide bonds. The topological polar surface area (TPSA) is 32.7 Å². The molecule has 1 rings (SSSR count). The number of hydrogen-bond donors (Lipinski definition) is 1. The summed E-state index contributed by atoms with van der Waals surface area (Å²) in [6.45, 7) is 3.71. The van der Waals surface area contributed by atoms with Crippen LogP contribution in [0.3, 0.4) is 0 Å². The average molecular weight is 237 g/mol. The van der Waals surface area contributed by atoms with Gasteiger partial charge in [0.15, 0.2) is 0 Å². The Kier molecular flexibility index (Phi) is 6.19. The monoisotopic (exact) mass is 237 g/mol. The van der Waals surface area contributed by atoms with Gasteiger partial charge in [-0.25, -0.2) is 0 Å². The Bertz CT molecular complexity index is 302. The van der Waals surface area contributed by atoms with Crippen molar-refractivity contribution < 1.29 is 9.84 Å². The Morgan fingerprint density at radius 1 is 1.29 bits per heavy atom. The Labute approximate surface area is 104 Å². The van der Waals surface area contributed by atoms with E-state index in [2.05, 4.69) is 18.9 Å². The van der Waals surface area contributed by atoms with Crippen molar-refractivity contribution in [3.8, 4) is 0 Å². The molecule has 0 aliphatic rings. The first kappa shape index (κ1) is 14.2. The van der Waals surface area contributed by atoms with Gasteiger partial charge in [-0.05, 0) is 26.0 Å². The van der Waals surface area contributed by atoms with E-state index in [1.807, 2.05) is 30.3 Å². The first-order valence-electron chi connectivity index (χ1n) is 6.07. The molecule has 0 spiro atoms. The summed E-state index contributed by atoms with van der Waals surface area (Å²) in [4.78, 5) is 2.20. The third-order valence-corrected chi connectivity index (χ3v) is 3.10. The minimum absolute atomic E-state index is 0.378. The lowest BCUT2D eigenvalue weighted by atomic mass is 10.1. The number of ether oxygens (including phenoxy) is 1. The highest BCUT2D eigenvalue weighted by molar-refractivity contribution is 5.17. The zero-order valence-electron chi connectivity index (χ0n) is 11.0. The Morgan fingerprint density at radius 2 is 1.94 bits per heavy atom. The Morgan fingerprint density at radius 3 is 2.53 bits per heavy atom. The Hall–Kier alpha value is -0.900. The van der Waals surface area contributed by atoms with E-state index in [0.29, 0.717) is 6.04 Å². The molecule has 1 N–H and O–H groups in total. The van der Waals surface area contributed by atoms with E-state index in [1.165, 1.54) is 0 Å². The third kappa shape index (κ3) is 4.86. The molecule has 0 saturated heterocycles. The van der Waals surface area contributed by atoms with Crippen LogP contribution in [-0.2, 0) is 4.74 Å². The van der Waals surface area contributed by atoms with Crippen molar-refractivity contribution in [3.63, 3.8) is 0 Å². The van der Waals surface area contributed by atoms with Gasteiger partial charge in [0.25, 0.3) is 0 Å². The summed E-state index contributed by atoms with van der Waals surface area (Å²) >= 11 is 0. The molecule has 3 nitrogen and oxygen atoms in total. The second-order valence-corrected chi connectivity index (χ2v) is 4.50. The molecule has 1 aromatic carbocycles. The lowest BCUT2D eigenvalue weighted by Gasteiger charge is -2.25. The molecule has 3 heteroatoms. The van der Waals surface area contributed by atoms with E-state index in [-0.39, 0.29) is 6.10 Å². The summed E-state index contributed by atoms with van der Waals surface area (Å²) in [6, 6.07) is 10.2. The number of aliphatic hydroxyl groups excluding tert-OH is 1. The summed E-state index contributed by atoms with van der Waals surface area (Å²) in [7, 11) is 3.77. The normalized spacial score (nSPS) is 14.9. The zero-order chi connectivity index (χ0) is 12.7. The highest BCUT2D eigenvalue weighted by Crippen LogP contribution is 2.16. The van der Waals surface area contributed by atoms with Crippen LogP contribution >= 0.6 is 0 Å². The van der Waals surface area contributed by atoms with Crippen molar-refractivity contribution >= 4 is 0 Å². The van der Waals surface area contributed by atoms with Crippen molar-refractivity contribution in [3.05, 3.63) is 35.9 Å². The van der Waals surface area contributed by atoms with Crippen LogP contribution in [0.25, 0.3) is 0 Å². The van der Waals surface area contributed by atoms with Crippen molar-refractivity contribution in [2.45, 2.75) is 25.5 Å². The molecule has 17 heavy (non-hydrogen) atoms. The summed E-state index contributed by atoms with van der Waals surface area (Å²) in [5, 5.41) is 10.0. The number of benzene rings is 1. The summed E-state index contributed by atoms with van der Waals surface area (Å²) < 4.78 is 5.11. The molecule has 0 aliphatic carbocycles. The molecule has 96 valence electrons. The fourth-order valence-corrected chi connectivity index (χ4v) is 1.76. The fourth-order valence-electron chi connectivity index (χ4n) is 1.76. The van der Waals surface area contributed by atoms with Crippen LogP contribution in [0.5, 0.6) is 0 Å². The maximum absolute atomic E-state index is 10.0. The van der Waals surface area contributed by atoms with E-state index < -0.39 is 0 Å². The largest absolute Gasteiger partial charge is 0.388 e. The molecule has 1 aromatic rings. The predicted octanol–water partition coefficient (Wildman–Crippen LogP) is 2.08. The summed E-state index contributed by atoms with van der Waals surface area (Å²) in [6.07, 6.45) is 0.363.